The molecule has 1 fully saturated rings. The molecule has 0 aromatic heterocycles. The summed E-state index contributed by atoms with van der Waals surface area (Å²) in [6, 6.07) is 5.69. The maximum atomic E-state index is 12.5. The standard InChI is InChI=1S/C15H18O3/c1-9(2)14-15(18-14)7-6-10-8-11(17-3)4-5-12(10)13(15)16/h4-5,8-9,14H,6-7H2,1-3H3/t14-,15-/m1/s1. The van der Waals surface area contributed by atoms with Crippen LogP contribution in [0, 0.1) is 5.92 Å². The molecule has 1 spiro atoms. The molecule has 1 aliphatic carbocycles. The summed E-state index contributed by atoms with van der Waals surface area (Å²) in [7, 11) is 1.65. The summed E-state index contributed by atoms with van der Waals surface area (Å²) >= 11 is 0. The Balaban J connectivity index is 1.94. The summed E-state index contributed by atoms with van der Waals surface area (Å²) in [5.74, 6) is 1.37. The van der Waals surface area contributed by atoms with Crippen molar-refractivity contribution in [2.75, 3.05) is 7.11 Å². The highest BCUT2D eigenvalue weighted by atomic mass is 16.6. The lowest BCUT2D eigenvalue weighted by Crippen LogP contribution is -2.34. The molecule has 1 heterocycles. The molecule has 3 heteroatoms. The van der Waals surface area contributed by atoms with E-state index in [9.17, 15) is 4.79 Å². The van der Waals surface area contributed by atoms with Crippen LogP contribution in [0.15, 0.2) is 18.2 Å². The van der Waals surface area contributed by atoms with Crippen LogP contribution in [-0.4, -0.2) is 24.6 Å². The van der Waals surface area contributed by atoms with Gasteiger partial charge in [0, 0.05) is 5.56 Å². The van der Waals surface area contributed by atoms with Gasteiger partial charge in [0.15, 0.2) is 11.4 Å². The smallest absolute Gasteiger partial charge is 0.197 e. The number of hydrogen-bond donors (Lipinski definition) is 0. The van der Waals surface area contributed by atoms with Crippen LogP contribution in [-0.2, 0) is 11.2 Å². The van der Waals surface area contributed by atoms with Crippen molar-refractivity contribution in [1.82, 2.24) is 0 Å². The third-order valence-corrected chi connectivity index (χ3v) is 4.05. The Kier molecular flexibility index (Phi) is 2.49. The molecule has 3 nitrogen and oxygen atoms in total. The normalized spacial score (nSPS) is 29.6. The molecule has 0 N–H and O–H groups in total. The van der Waals surface area contributed by atoms with Gasteiger partial charge in [-0.15, -0.1) is 0 Å². The van der Waals surface area contributed by atoms with Gasteiger partial charge in [0.25, 0.3) is 0 Å². The Morgan fingerprint density at radius 1 is 1.44 bits per heavy atom. The molecular weight excluding hydrogens is 228 g/mol. The average molecular weight is 246 g/mol. The van der Waals surface area contributed by atoms with Crippen LogP contribution >= 0.6 is 0 Å². The third kappa shape index (κ3) is 1.50. The second-order valence-electron chi connectivity index (χ2n) is 5.52. The lowest BCUT2D eigenvalue weighted by Gasteiger charge is -2.22. The van der Waals surface area contributed by atoms with E-state index in [1.54, 1.807) is 7.11 Å². The zero-order valence-corrected chi connectivity index (χ0v) is 11.0. The van der Waals surface area contributed by atoms with E-state index in [1.165, 1.54) is 0 Å². The molecule has 0 amide bonds. The van der Waals surface area contributed by atoms with E-state index in [1.807, 2.05) is 18.2 Å². The van der Waals surface area contributed by atoms with Gasteiger partial charge in [-0.05, 0) is 42.5 Å². The van der Waals surface area contributed by atoms with E-state index < -0.39 is 5.60 Å². The molecule has 0 unspecified atom stereocenters. The fourth-order valence-corrected chi connectivity index (χ4v) is 3.04. The van der Waals surface area contributed by atoms with E-state index in [0.717, 1.165) is 29.7 Å². The Morgan fingerprint density at radius 3 is 2.83 bits per heavy atom. The van der Waals surface area contributed by atoms with E-state index >= 15 is 0 Å². The van der Waals surface area contributed by atoms with Crippen molar-refractivity contribution < 1.29 is 14.3 Å². The number of hydrogen-bond acceptors (Lipinski definition) is 3. The van der Waals surface area contributed by atoms with Gasteiger partial charge in [-0.2, -0.15) is 0 Å². The van der Waals surface area contributed by atoms with E-state index in [-0.39, 0.29) is 11.9 Å². The maximum Gasteiger partial charge on any atom is 0.197 e. The topological polar surface area (TPSA) is 38.8 Å². The van der Waals surface area contributed by atoms with Gasteiger partial charge in [0.05, 0.1) is 13.2 Å². The predicted molar refractivity (Wildman–Crippen MR) is 68.1 cm³/mol. The zero-order chi connectivity index (χ0) is 12.9. The molecule has 0 bridgehead atoms. The minimum absolute atomic E-state index is 0.0975. The van der Waals surface area contributed by atoms with Crippen LogP contribution in [0.3, 0.4) is 0 Å². The number of aryl methyl sites for hydroxylation is 1. The number of epoxide rings is 1. The van der Waals surface area contributed by atoms with Gasteiger partial charge in [-0.3, -0.25) is 4.79 Å². The predicted octanol–water partition coefficient (Wildman–Crippen LogP) is 2.62. The Hall–Kier alpha value is -1.35. The van der Waals surface area contributed by atoms with Crippen LogP contribution in [0.25, 0.3) is 0 Å². The Labute approximate surface area is 107 Å². The minimum Gasteiger partial charge on any atom is -0.497 e. The third-order valence-electron chi connectivity index (χ3n) is 4.05. The summed E-state index contributed by atoms with van der Waals surface area (Å²) in [5.41, 5.74) is 1.38. The van der Waals surface area contributed by atoms with Crippen molar-refractivity contribution in [3.8, 4) is 5.75 Å². The van der Waals surface area contributed by atoms with Crippen molar-refractivity contribution in [2.45, 2.75) is 38.4 Å². The number of ketones is 1. The van der Waals surface area contributed by atoms with Crippen LogP contribution in [0.5, 0.6) is 5.75 Å². The van der Waals surface area contributed by atoms with Gasteiger partial charge in [0.1, 0.15) is 5.75 Å². The maximum absolute atomic E-state index is 12.5. The summed E-state index contributed by atoms with van der Waals surface area (Å²) in [5, 5.41) is 0. The summed E-state index contributed by atoms with van der Waals surface area (Å²) in [4.78, 5) is 12.5. The van der Waals surface area contributed by atoms with E-state index in [0.29, 0.717) is 5.92 Å². The summed E-state index contributed by atoms with van der Waals surface area (Å²) < 4.78 is 11.0. The van der Waals surface area contributed by atoms with Crippen molar-refractivity contribution in [3.63, 3.8) is 0 Å². The van der Waals surface area contributed by atoms with Gasteiger partial charge in [0.2, 0.25) is 0 Å². The number of rotatable bonds is 2. The molecule has 1 aromatic rings. The number of Topliss-reactive ketones (excluding diaryl/α,β-unsaturated/α-hetero) is 1. The number of methoxy groups -OCH3 is 1. The molecule has 96 valence electrons. The molecule has 0 saturated carbocycles. The fourth-order valence-electron chi connectivity index (χ4n) is 3.04. The molecule has 18 heavy (non-hydrogen) atoms. The van der Waals surface area contributed by atoms with Crippen molar-refractivity contribution >= 4 is 5.78 Å². The molecule has 1 aliphatic heterocycles. The van der Waals surface area contributed by atoms with Crippen LogP contribution in [0.1, 0.15) is 36.2 Å². The largest absolute Gasteiger partial charge is 0.497 e. The quantitative estimate of drug-likeness (QED) is 0.753. The van der Waals surface area contributed by atoms with Gasteiger partial charge < -0.3 is 9.47 Å². The van der Waals surface area contributed by atoms with Gasteiger partial charge in [-0.1, -0.05) is 13.8 Å². The number of fused-ring (bicyclic) bond motifs is 1. The first kappa shape index (κ1) is 11.7. The molecule has 1 saturated heterocycles. The lowest BCUT2D eigenvalue weighted by atomic mass is 9.78. The number of ether oxygens (including phenoxy) is 2. The van der Waals surface area contributed by atoms with Gasteiger partial charge in [-0.25, -0.2) is 0 Å². The SMILES string of the molecule is COc1ccc2c(c1)CC[C@@]1(O[C@@H]1C(C)C)C2=O. The number of carbonyl (C=O) groups excluding carboxylic acids is 1. The highest BCUT2D eigenvalue weighted by molar-refractivity contribution is 6.07. The second-order valence-corrected chi connectivity index (χ2v) is 5.52. The van der Waals surface area contributed by atoms with Crippen LogP contribution in [0.4, 0.5) is 0 Å². The molecule has 1 aromatic carbocycles. The van der Waals surface area contributed by atoms with Crippen LogP contribution < -0.4 is 4.74 Å². The molecular formula is C15H18O3. The molecule has 2 aliphatic rings. The Bertz CT molecular complexity index is 506. The van der Waals surface area contributed by atoms with Crippen molar-refractivity contribution in [3.05, 3.63) is 29.3 Å². The van der Waals surface area contributed by atoms with E-state index in [2.05, 4.69) is 13.8 Å². The first-order valence-corrected chi connectivity index (χ1v) is 6.48. The fraction of sp³-hybridized carbons (Fsp3) is 0.533. The lowest BCUT2D eigenvalue weighted by molar-refractivity contribution is 0.0850. The molecule has 3 rings (SSSR count). The Morgan fingerprint density at radius 2 is 2.22 bits per heavy atom. The number of benzene rings is 1. The first-order chi connectivity index (χ1) is 8.58. The summed E-state index contributed by atoms with van der Waals surface area (Å²) in [6.07, 6.45) is 1.79. The van der Waals surface area contributed by atoms with Crippen molar-refractivity contribution in [2.24, 2.45) is 5.92 Å². The van der Waals surface area contributed by atoms with Crippen molar-refractivity contribution in [1.29, 1.82) is 0 Å². The van der Waals surface area contributed by atoms with E-state index in [4.69, 9.17) is 9.47 Å². The first-order valence-electron chi connectivity index (χ1n) is 6.48. The highest BCUT2D eigenvalue weighted by Gasteiger charge is 2.64. The molecule has 2 atom stereocenters. The van der Waals surface area contributed by atoms with Gasteiger partial charge >= 0.3 is 0 Å². The molecule has 0 radical (unpaired) electrons. The zero-order valence-electron chi connectivity index (χ0n) is 11.0. The minimum atomic E-state index is -0.518. The summed E-state index contributed by atoms with van der Waals surface area (Å²) in [6.45, 7) is 4.21. The monoisotopic (exact) mass is 246 g/mol. The highest BCUT2D eigenvalue weighted by Crippen LogP contribution is 2.50. The average Bonchev–Trinajstić information content (AvgIpc) is 3.10. The van der Waals surface area contributed by atoms with Crippen LogP contribution in [0.2, 0.25) is 0 Å². The number of carbonyl (C=O) groups is 1. The second kappa shape index (κ2) is 3.82.